The molecule has 7 heterocycles. The van der Waals surface area contributed by atoms with Crippen molar-refractivity contribution in [3.05, 3.63) is 89.3 Å². The van der Waals surface area contributed by atoms with Crippen molar-refractivity contribution in [1.29, 1.82) is 0 Å². The van der Waals surface area contributed by atoms with Crippen LogP contribution in [0.4, 0.5) is 16.2 Å². The maximum atomic E-state index is 13.1. The monoisotopic (exact) mass is 865 g/mol. The Morgan fingerprint density at radius 3 is 2.33 bits per heavy atom. The first kappa shape index (κ1) is 42.9. The van der Waals surface area contributed by atoms with Crippen LogP contribution in [0.15, 0.2) is 61.1 Å². The highest BCUT2D eigenvalue weighted by Gasteiger charge is 2.29. The third-order valence-corrected chi connectivity index (χ3v) is 13.4. The molecule has 3 N–H and O–H groups in total. The molecule has 2 aromatic carbocycles. The van der Waals surface area contributed by atoms with E-state index in [1.165, 1.54) is 5.69 Å². The predicted molar refractivity (Wildman–Crippen MR) is 247 cm³/mol. The molecule has 16 nitrogen and oxygen atoms in total. The average Bonchev–Trinajstić information content (AvgIpc) is 4.02. The third kappa shape index (κ3) is 8.62. The van der Waals surface area contributed by atoms with Gasteiger partial charge in [0, 0.05) is 79.3 Å². The van der Waals surface area contributed by atoms with Gasteiger partial charge in [0.25, 0.3) is 5.91 Å². The van der Waals surface area contributed by atoms with Gasteiger partial charge < -0.3 is 20.1 Å². The average molecular weight is 866 g/mol. The van der Waals surface area contributed by atoms with Crippen molar-refractivity contribution in [3.8, 4) is 22.5 Å². The molecule has 0 radical (unpaired) electrons. The minimum Gasteiger partial charge on any atom is -0.372 e. The number of urea groups is 1. The zero-order valence-corrected chi connectivity index (χ0v) is 38.0. The molecule has 0 saturated carbocycles. The molecule has 0 bridgehead atoms. The number of benzene rings is 2. The first-order valence-electron chi connectivity index (χ1n) is 22.6. The van der Waals surface area contributed by atoms with E-state index >= 15 is 0 Å². The van der Waals surface area contributed by atoms with Gasteiger partial charge in [-0.2, -0.15) is 5.10 Å². The topological polar surface area (TPSA) is 175 Å². The summed E-state index contributed by atoms with van der Waals surface area (Å²) in [5.41, 5.74) is 10.9. The Morgan fingerprint density at radius 1 is 0.906 bits per heavy atom. The number of aryl methyl sites for hydroxylation is 2. The van der Waals surface area contributed by atoms with Crippen LogP contribution in [0.5, 0.6) is 0 Å². The Balaban J connectivity index is 0.806. The van der Waals surface area contributed by atoms with E-state index in [1.807, 2.05) is 39.8 Å². The number of rotatable bonds is 10. The summed E-state index contributed by atoms with van der Waals surface area (Å²) in [6.45, 7) is 20.1. The van der Waals surface area contributed by atoms with Gasteiger partial charge in [0.1, 0.15) is 12.0 Å². The number of piperidine rings is 2. The number of carbonyl (C=O) groups is 3. The number of amides is 4. The Hall–Kier alpha value is -6.42. The Morgan fingerprint density at radius 2 is 1.64 bits per heavy atom. The third-order valence-electron chi connectivity index (χ3n) is 13.4. The van der Waals surface area contributed by atoms with E-state index in [9.17, 15) is 14.4 Å². The first-order valence-corrected chi connectivity index (χ1v) is 22.6. The standard InChI is InChI=1S/C48H59N13O3/c1-29-24-34(8-13-38(29)30(2)51-46(63)41-27-60(56-54-41)48(5,6)7)44-39-25-40(52-45(39)50-28-49-44)43-31(3)55-61(32(43)4)37-16-19-57(20-17-37)26-33-14-21-58(22-15-33)35-9-11-36(12-10-35)59-23-18-42(62)53-47(59)64/h8-13,24-25,27-28,30,33,37H,14-23,26H2,1-7H3,(H,51,63)(H,49,50,52)(H,53,62,64). The molecule has 4 aromatic heterocycles. The number of aromatic nitrogens is 8. The highest BCUT2D eigenvalue weighted by atomic mass is 16.2. The fourth-order valence-electron chi connectivity index (χ4n) is 9.80. The van der Waals surface area contributed by atoms with Crippen LogP contribution >= 0.6 is 0 Å². The smallest absolute Gasteiger partial charge is 0.328 e. The van der Waals surface area contributed by atoms with Crippen molar-refractivity contribution < 1.29 is 14.4 Å². The Bertz CT molecular complexity index is 2690. The molecule has 1 unspecified atom stereocenters. The highest BCUT2D eigenvalue weighted by Crippen LogP contribution is 2.36. The van der Waals surface area contributed by atoms with Gasteiger partial charge in [0.05, 0.1) is 40.9 Å². The van der Waals surface area contributed by atoms with Crippen LogP contribution in [-0.2, 0) is 10.3 Å². The molecular formula is C48H59N13O3. The number of carbonyl (C=O) groups excluding carboxylic acids is 3. The van der Waals surface area contributed by atoms with Crippen molar-refractivity contribution in [2.45, 2.75) is 98.2 Å². The minimum absolute atomic E-state index is 0.219. The molecule has 1 atom stereocenters. The number of hydrogen-bond acceptors (Lipinski definition) is 10. The molecule has 3 aliphatic heterocycles. The molecule has 16 heteroatoms. The van der Waals surface area contributed by atoms with Crippen molar-refractivity contribution in [1.82, 2.24) is 55.3 Å². The van der Waals surface area contributed by atoms with Crippen LogP contribution in [0.3, 0.4) is 0 Å². The molecule has 4 amide bonds. The van der Waals surface area contributed by atoms with Gasteiger partial charge in [0.2, 0.25) is 5.91 Å². The van der Waals surface area contributed by atoms with Crippen LogP contribution in [0.2, 0.25) is 0 Å². The van der Waals surface area contributed by atoms with E-state index in [-0.39, 0.29) is 29.4 Å². The van der Waals surface area contributed by atoms with E-state index in [2.05, 4.69) is 103 Å². The van der Waals surface area contributed by atoms with Gasteiger partial charge in [-0.25, -0.2) is 19.4 Å². The van der Waals surface area contributed by atoms with Gasteiger partial charge in [-0.15, -0.1) is 5.10 Å². The zero-order valence-electron chi connectivity index (χ0n) is 38.0. The number of nitrogens with zero attached hydrogens (tertiary/aromatic N) is 10. The minimum atomic E-state index is -0.351. The lowest BCUT2D eigenvalue weighted by molar-refractivity contribution is -0.120. The molecule has 64 heavy (non-hydrogen) atoms. The number of hydrogen-bond donors (Lipinski definition) is 3. The van der Waals surface area contributed by atoms with E-state index < -0.39 is 0 Å². The van der Waals surface area contributed by atoms with Crippen LogP contribution in [-0.4, -0.2) is 102 Å². The molecule has 6 aromatic rings. The lowest BCUT2D eigenvalue weighted by Gasteiger charge is -2.38. The molecular weight excluding hydrogens is 807 g/mol. The molecule has 0 aliphatic carbocycles. The van der Waals surface area contributed by atoms with Gasteiger partial charge in [-0.3, -0.25) is 24.5 Å². The van der Waals surface area contributed by atoms with Gasteiger partial charge in [0.15, 0.2) is 5.69 Å². The number of fused-ring (bicyclic) bond motifs is 1. The second-order valence-corrected chi connectivity index (χ2v) is 18.9. The molecule has 3 fully saturated rings. The number of anilines is 2. The van der Waals surface area contributed by atoms with Gasteiger partial charge >= 0.3 is 6.03 Å². The van der Waals surface area contributed by atoms with Crippen molar-refractivity contribution >= 4 is 40.3 Å². The molecule has 9 rings (SSSR count). The second-order valence-electron chi connectivity index (χ2n) is 18.9. The Labute approximate surface area is 373 Å². The summed E-state index contributed by atoms with van der Waals surface area (Å²) in [4.78, 5) is 56.6. The number of likely N-dealkylation sites (tertiary alicyclic amines) is 1. The van der Waals surface area contributed by atoms with E-state index in [1.54, 1.807) is 22.1 Å². The summed E-state index contributed by atoms with van der Waals surface area (Å²) < 4.78 is 3.96. The number of nitrogens with one attached hydrogen (secondary N) is 3. The number of imide groups is 1. The normalized spacial score (nSPS) is 17.6. The fourth-order valence-corrected chi connectivity index (χ4v) is 9.80. The largest absolute Gasteiger partial charge is 0.372 e. The van der Waals surface area contributed by atoms with Crippen molar-refractivity contribution in [3.63, 3.8) is 0 Å². The van der Waals surface area contributed by atoms with Crippen LogP contribution in [0.1, 0.15) is 105 Å². The first-order chi connectivity index (χ1) is 30.7. The summed E-state index contributed by atoms with van der Waals surface area (Å²) >= 11 is 0. The lowest BCUT2D eigenvalue weighted by Crippen LogP contribution is -2.49. The molecule has 3 aliphatic rings. The van der Waals surface area contributed by atoms with Crippen LogP contribution < -0.4 is 20.4 Å². The Kier molecular flexibility index (Phi) is 11.6. The number of H-pyrrole nitrogens is 1. The molecule has 3 saturated heterocycles. The van der Waals surface area contributed by atoms with E-state index in [4.69, 9.17) is 10.1 Å². The highest BCUT2D eigenvalue weighted by molar-refractivity contribution is 6.05. The van der Waals surface area contributed by atoms with Crippen molar-refractivity contribution in [2.75, 3.05) is 49.1 Å². The summed E-state index contributed by atoms with van der Waals surface area (Å²) in [5.74, 6) is 0.189. The summed E-state index contributed by atoms with van der Waals surface area (Å²) in [6, 6.07) is 16.3. The maximum absolute atomic E-state index is 13.1. The van der Waals surface area contributed by atoms with Crippen molar-refractivity contribution in [2.24, 2.45) is 5.92 Å². The zero-order chi connectivity index (χ0) is 44.9. The van der Waals surface area contributed by atoms with Crippen LogP contribution in [0.25, 0.3) is 33.5 Å². The van der Waals surface area contributed by atoms with Crippen LogP contribution in [0, 0.1) is 26.7 Å². The molecule has 0 spiro atoms. The SMILES string of the molecule is Cc1cc(-c2ncnc3[nH]c(-c4c(C)nn(C5CCN(CC6CCN(c7ccc(N8CCC(=O)NC8=O)cc7)CC6)CC5)c4C)cc23)ccc1C(C)NC(=O)c1cn(C(C)(C)C)nn1. The predicted octanol–water partition coefficient (Wildman–Crippen LogP) is 7.25. The quantitative estimate of drug-likeness (QED) is 0.127. The van der Waals surface area contributed by atoms with Gasteiger partial charge in [-0.1, -0.05) is 17.3 Å². The lowest BCUT2D eigenvalue weighted by atomic mass is 9.94. The van der Waals surface area contributed by atoms with E-state index in [0.717, 1.165) is 120 Å². The van der Waals surface area contributed by atoms with Gasteiger partial charge in [-0.05, 0) is 128 Å². The van der Waals surface area contributed by atoms with E-state index in [0.29, 0.717) is 30.6 Å². The second kappa shape index (κ2) is 17.3. The molecule has 334 valence electrons. The summed E-state index contributed by atoms with van der Waals surface area (Å²) in [6.07, 6.45) is 8.06. The number of aromatic amines is 1. The summed E-state index contributed by atoms with van der Waals surface area (Å²) in [7, 11) is 0. The maximum Gasteiger partial charge on any atom is 0.328 e. The summed E-state index contributed by atoms with van der Waals surface area (Å²) in [5, 5.41) is 19.8. The fraction of sp³-hybridized carbons (Fsp3) is 0.458.